The first kappa shape index (κ1) is 11.4. The van der Waals surface area contributed by atoms with Crippen molar-refractivity contribution in [3.63, 3.8) is 0 Å². The van der Waals surface area contributed by atoms with E-state index in [1.54, 1.807) is 13.2 Å². The summed E-state index contributed by atoms with van der Waals surface area (Å²) in [5, 5.41) is 0. The summed E-state index contributed by atoms with van der Waals surface area (Å²) in [6, 6.07) is 3.32. The predicted octanol–water partition coefficient (Wildman–Crippen LogP) is 2.57. The normalized spacial score (nSPS) is 17.2. The minimum Gasteiger partial charge on any atom is -0.496 e. The Labute approximate surface area is 95.6 Å². The minimum atomic E-state index is -0.150. The molecule has 1 aromatic carbocycles. The molecule has 2 nitrogen and oxygen atoms in total. The van der Waals surface area contributed by atoms with Crippen molar-refractivity contribution < 1.29 is 9.13 Å². The molecule has 0 saturated heterocycles. The average Bonchev–Trinajstić information content (AvgIpc) is 2.96. The van der Waals surface area contributed by atoms with Gasteiger partial charge in [-0.2, -0.15) is 0 Å². The van der Waals surface area contributed by atoms with Crippen LogP contribution in [0.2, 0.25) is 0 Å². The third-order valence-electron chi connectivity index (χ3n) is 3.35. The molecule has 0 radical (unpaired) electrons. The average molecular weight is 223 g/mol. The largest absolute Gasteiger partial charge is 0.496 e. The van der Waals surface area contributed by atoms with E-state index in [0.29, 0.717) is 12.0 Å². The van der Waals surface area contributed by atoms with Crippen LogP contribution in [0.1, 0.15) is 30.4 Å². The molecule has 0 aliphatic heterocycles. The van der Waals surface area contributed by atoms with Gasteiger partial charge in [0.2, 0.25) is 0 Å². The third kappa shape index (κ3) is 2.35. The lowest BCUT2D eigenvalue weighted by molar-refractivity contribution is 0.409. The van der Waals surface area contributed by atoms with Gasteiger partial charge in [-0.1, -0.05) is 0 Å². The molecule has 88 valence electrons. The number of methoxy groups -OCH3 is 1. The first-order chi connectivity index (χ1) is 7.54. The van der Waals surface area contributed by atoms with Gasteiger partial charge < -0.3 is 10.5 Å². The number of rotatable bonds is 4. The second-order valence-electron chi connectivity index (χ2n) is 4.78. The van der Waals surface area contributed by atoms with Crippen LogP contribution in [0.5, 0.6) is 5.75 Å². The lowest BCUT2D eigenvalue weighted by Gasteiger charge is -2.11. The van der Waals surface area contributed by atoms with Gasteiger partial charge in [-0.3, -0.25) is 0 Å². The molecule has 0 unspecified atom stereocenters. The van der Waals surface area contributed by atoms with Gasteiger partial charge in [0.1, 0.15) is 11.6 Å². The Morgan fingerprint density at radius 1 is 1.44 bits per heavy atom. The number of halogens is 1. The van der Waals surface area contributed by atoms with Crippen molar-refractivity contribution in [1.82, 2.24) is 0 Å². The topological polar surface area (TPSA) is 35.2 Å². The quantitative estimate of drug-likeness (QED) is 0.851. The monoisotopic (exact) mass is 223 g/mol. The molecule has 2 rings (SSSR count). The van der Waals surface area contributed by atoms with E-state index >= 15 is 0 Å². The highest BCUT2D eigenvalue weighted by Gasteiger charge is 2.37. The lowest BCUT2D eigenvalue weighted by atomic mass is 10.0. The summed E-state index contributed by atoms with van der Waals surface area (Å²) in [5.74, 6) is 0.598. The highest BCUT2D eigenvalue weighted by molar-refractivity contribution is 5.37. The number of hydrogen-bond acceptors (Lipinski definition) is 2. The zero-order valence-corrected chi connectivity index (χ0v) is 9.85. The molecule has 3 heteroatoms. The van der Waals surface area contributed by atoms with Gasteiger partial charge >= 0.3 is 0 Å². The van der Waals surface area contributed by atoms with E-state index in [9.17, 15) is 4.39 Å². The molecular formula is C13H18FNO. The van der Waals surface area contributed by atoms with Gasteiger partial charge in [0.25, 0.3) is 0 Å². The smallest absolute Gasteiger partial charge is 0.126 e. The molecule has 16 heavy (non-hydrogen) atoms. The van der Waals surface area contributed by atoms with Gasteiger partial charge in [0, 0.05) is 5.54 Å². The molecule has 0 heterocycles. The van der Waals surface area contributed by atoms with Crippen molar-refractivity contribution in [1.29, 1.82) is 0 Å². The summed E-state index contributed by atoms with van der Waals surface area (Å²) < 4.78 is 18.9. The van der Waals surface area contributed by atoms with Gasteiger partial charge in [0.15, 0.2) is 0 Å². The van der Waals surface area contributed by atoms with Crippen LogP contribution in [-0.4, -0.2) is 12.6 Å². The van der Waals surface area contributed by atoms with Crippen molar-refractivity contribution in [3.8, 4) is 5.75 Å². The third-order valence-corrected chi connectivity index (χ3v) is 3.35. The molecule has 1 fully saturated rings. The van der Waals surface area contributed by atoms with Crippen LogP contribution < -0.4 is 10.5 Å². The van der Waals surface area contributed by atoms with Gasteiger partial charge in [-0.15, -0.1) is 0 Å². The minimum absolute atomic E-state index is 0.0233. The molecule has 1 saturated carbocycles. The van der Waals surface area contributed by atoms with Crippen molar-refractivity contribution in [2.24, 2.45) is 5.73 Å². The molecule has 0 atom stereocenters. The Hall–Kier alpha value is -1.09. The summed E-state index contributed by atoms with van der Waals surface area (Å²) in [7, 11) is 1.61. The molecule has 0 bridgehead atoms. The van der Waals surface area contributed by atoms with E-state index in [4.69, 9.17) is 10.5 Å². The highest BCUT2D eigenvalue weighted by Crippen LogP contribution is 2.37. The number of hydrogen-bond donors (Lipinski definition) is 1. The number of nitrogens with two attached hydrogens (primary N) is 1. The summed E-state index contributed by atoms with van der Waals surface area (Å²) >= 11 is 0. The zero-order chi connectivity index (χ0) is 11.8. The van der Waals surface area contributed by atoms with Crippen molar-refractivity contribution in [2.75, 3.05) is 7.11 Å². The Morgan fingerprint density at radius 3 is 2.69 bits per heavy atom. The van der Waals surface area contributed by atoms with E-state index in [1.165, 1.54) is 6.07 Å². The van der Waals surface area contributed by atoms with Crippen LogP contribution in [0.3, 0.4) is 0 Å². The van der Waals surface area contributed by atoms with E-state index in [-0.39, 0.29) is 11.4 Å². The van der Waals surface area contributed by atoms with E-state index < -0.39 is 0 Å². The summed E-state index contributed by atoms with van der Waals surface area (Å²) in [4.78, 5) is 0. The zero-order valence-electron chi connectivity index (χ0n) is 9.85. The summed E-state index contributed by atoms with van der Waals surface area (Å²) in [6.07, 6.45) is 3.68. The first-order valence-corrected chi connectivity index (χ1v) is 5.66. The van der Waals surface area contributed by atoms with Crippen LogP contribution >= 0.6 is 0 Å². The Kier molecular flexibility index (Phi) is 2.89. The van der Waals surface area contributed by atoms with Gasteiger partial charge in [-0.25, -0.2) is 4.39 Å². The van der Waals surface area contributed by atoms with Crippen LogP contribution in [0.4, 0.5) is 4.39 Å². The van der Waals surface area contributed by atoms with Gasteiger partial charge in [-0.05, 0) is 55.9 Å². The lowest BCUT2D eigenvalue weighted by Crippen LogP contribution is -2.22. The van der Waals surface area contributed by atoms with Crippen LogP contribution in [-0.2, 0) is 6.42 Å². The van der Waals surface area contributed by atoms with E-state index in [0.717, 1.165) is 30.6 Å². The predicted molar refractivity (Wildman–Crippen MR) is 62.2 cm³/mol. The van der Waals surface area contributed by atoms with E-state index in [2.05, 4.69) is 0 Å². The molecular weight excluding hydrogens is 205 g/mol. The molecule has 0 aromatic heterocycles. The maximum Gasteiger partial charge on any atom is 0.126 e. The van der Waals surface area contributed by atoms with Crippen molar-refractivity contribution in [3.05, 3.63) is 29.1 Å². The molecule has 1 aromatic rings. The Bertz CT molecular complexity index is 399. The van der Waals surface area contributed by atoms with Crippen LogP contribution in [0.25, 0.3) is 0 Å². The standard InChI is InChI=1S/C13H18FNO/c1-9-7-11(14)10(8-12(9)16-2)3-4-13(15)5-6-13/h7-8H,3-6,15H2,1-2H3. The maximum atomic E-state index is 13.7. The van der Waals surface area contributed by atoms with E-state index in [1.807, 2.05) is 6.92 Å². The second-order valence-corrected chi connectivity index (χ2v) is 4.78. The molecule has 1 aliphatic rings. The number of aryl methyl sites for hydroxylation is 2. The van der Waals surface area contributed by atoms with Crippen molar-refractivity contribution >= 4 is 0 Å². The number of benzene rings is 1. The molecule has 2 N–H and O–H groups in total. The molecule has 0 spiro atoms. The molecule has 1 aliphatic carbocycles. The first-order valence-electron chi connectivity index (χ1n) is 5.66. The summed E-state index contributed by atoms with van der Waals surface area (Å²) in [6.45, 7) is 1.84. The Morgan fingerprint density at radius 2 is 2.12 bits per heavy atom. The van der Waals surface area contributed by atoms with Crippen LogP contribution in [0.15, 0.2) is 12.1 Å². The van der Waals surface area contributed by atoms with Gasteiger partial charge in [0.05, 0.1) is 7.11 Å². The molecule has 0 amide bonds. The van der Waals surface area contributed by atoms with Crippen LogP contribution in [0, 0.1) is 12.7 Å². The fraction of sp³-hybridized carbons (Fsp3) is 0.538. The fourth-order valence-electron chi connectivity index (χ4n) is 1.90. The van der Waals surface area contributed by atoms with Crippen molar-refractivity contribution in [2.45, 2.75) is 38.1 Å². The Balaban J connectivity index is 2.13. The highest BCUT2D eigenvalue weighted by atomic mass is 19.1. The second kappa shape index (κ2) is 4.06. The SMILES string of the molecule is COc1cc(CCC2(N)CC2)c(F)cc1C. The fourth-order valence-corrected chi connectivity index (χ4v) is 1.90. The summed E-state index contributed by atoms with van der Waals surface area (Å²) in [5.41, 5.74) is 7.51. The maximum absolute atomic E-state index is 13.7. The number of ether oxygens (including phenoxy) is 1.